The topological polar surface area (TPSA) is 45.7 Å². The molecule has 5 heteroatoms. The lowest BCUT2D eigenvalue weighted by Gasteiger charge is -2.38. The second-order valence-electron chi connectivity index (χ2n) is 9.82. The van der Waals surface area contributed by atoms with Crippen molar-refractivity contribution in [2.24, 2.45) is 0 Å². The van der Waals surface area contributed by atoms with E-state index < -0.39 is 5.60 Å². The summed E-state index contributed by atoms with van der Waals surface area (Å²) in [5.74, 6) is 1.03. The minimum atomic E-state index is -0.464. The summed E-state index contributed by atoms with van der Waals surface area (Å²) in [6, 6.07) is 15.5. The number of hydrogen-bond acceptors (Lipinski definition) is 4. The fourth-order valence-corrected chi connectivity index (χ4v) is 4.91. The summed E-state index contributed by atoms with van der Waals surface area (Å²) in [7, 11) is 0. The van der Waals surface area contributed by atoms with Crippen LogP contribution in [0.25, 0.3) is 0 Å². The van der Waals surface area contributed by atoms with Crippen molar-refractivity contribution >= 4 is 11.9 Å². The van der Waals surface area contributed by atoms with E-state index in [9.17, 15) is 4.79 Å². The molecule has 1 aliphatic heterocycles. The standard InChI is InChI=1S/C26H35N3O2/c1-26(2,3)31-25(30)29-16-9-7-12-22(29)14-17-28(24-13-6-8-15-27-24)23-18-20-10-4-5-11-21(20)19-23/h4-6,8,10-11,13,15,22-23H,7,9,12,14,16-19H2,1-3H3. The molecule has 1 atom stereocenters. The van der Waals surface area contributed by atoms with Crippen molar-refractivity contribution in [3.63, 3.8) is 0 Å². The number of carbonyl (C=O) groups is 1. The molecule has 0 saturated carbocycles. The third-order valence-electron chi connectivity index (χ3n) is 6.37. The van der Waals surface area contributed by atoms with Gasteiger partial charge in [0.15, 0.2) is 0 Å². The molecule has 0 N–H and O–H groups in total. The Bertz CT molecular complexity index is 853. The second kappa shape index (κ2) is 9.29. The summed E-state index contributed by atoms with van der Waals surface area (Å²) in [6.45, 7) is 7.48. The van der Waals surface area contributed by atoms with Gasteiger partial charge >= 0.3 is 6.09 Å². The molecule has 1 aliphatic carbocycles. The molecule has 1 saturated heterocycles. The molecule has 2 aliphatic rings. The Morgan fingerprint density at radius 2 is 1.81 bits per heavy atom. The molecule has 1 aromatic heterocycles. The van der Waals surface area contributed by atoms with Crippen LogP contribution in [0.5, 0.6) is 0 Å². The van der Waals surface area contributed by atoms with Crippen LogP contribution >= 0.6 is 0 Å². The summed E-state index contributed by atoms with van der Waals surface area (Å²) in [4.78, 5) is 21.9. The first-order valence-electron chi connectivity index (χ1n) is 11.6. The fourth-order valence-electron chi connectivity index (χ4n) is 4.91. The molecule has 31 heavy (non-hydrogen) atoms. The van der Waals surface area contributed by atoms with Gasteiger partial charge < -0.3 is 14.5 Å². The number of piperidine rings is 1. The monoisotopic (exact) mass is 421 g/mol. The number of rotatable bonds is 5. The normalized spacial score (nSPS) is 19.2. The Morgan fingerprint density at radius 1 is 1.10 bits per heavy atom. The zero-order valence-electron chi connectivity index (χ0n) is 19.1. The Morgan fingerprint density at radius 3 is 2.45 bits per heavy atom. The van der Waals surface area contributed by atoms with E-state index in [1.807, 2.05) is 37.9 Å². The second-order valence-corrected chi connectivity index (χ2v) is 9.82. The highest BCUT2D eigenvalue weighted by molar-refractivity contribution is 5.68. The van der Waals surface area contributed by atoms with Crippen molar-refractivity contribution < 1.29 is 9.53 Å². The third kappa shape index (κ3) is 5.38. The molecule has 0 radical (unpaired) electrons. The molecule has 1 amide bonds. The predicted molar refractivity (Wildman–Crippen MR) is 124 cm³/mol. The van der Waals surface area contributed by atoms with Gasteiger partial charge in [0.05, 0.1) is 0 Å². The summed E-state index contributed by atoms with van der Waals surface area (Å²) in [6.07, 6.45) is 8.00. The van der Waals surface area contributed by atoms with Gasteiger partial charge in [-0.3, -0.25) is 0 Å². The van der Waals surface area contributed by atoms with Gasteiger partial charge in [-0.25, -0.2) is 9.78 Å². The summed E-state index contributed by atoms with van der Waals surface area (Å²) >= 11 is 0. The van der Waals surface area contributed by atoms with Gasteiger partial charge in [0.25, 0.3) is 0 Å². The van der Waals surface area contributed by atoms with Crippen molar-refractivity contribution in [3.05, 3.63) is 59.8 Å². The molecule has 1 fully saturated rings. The van der Waals surface area contributed by atoms with Crippen LogP contribution in [0.15, 0.2) is 48.7 Å². The van der Waals surface area contributed by atoms with Crippen molar-refractivity contribution in [1.29, 1.82) is 0 Å². The van der Waals surface area contributed by atoms with Gasteiger partial charge in [0.1, 0.15) is 11.4 Å². The van der Waals surface area contributed by atoms with E-state index >= 15 is 0 Å². The molecule has 2 aromatic rings. The van der Waals surface area contributed by atoms with E-state index in [0.717, 1.165) is 51.0 Å². The van der Waals surface area contributed by atoms with Crippen LogP contribution in [0.4, 0.5) is 10.6 Å². The number of hydrogen-bond donors (Lipinski definition) is 0. The minimum absolute atomic E-state index is 0.171. The minimum Gasteiger partial charge on any atom is -0.444 e. The molecule has 0 spiro atoms. The van der Waals surface area contributed by atoms with Gasteiger partial charge in [-0.1, -0.05) is 30.3 Å². The van der Waals surface area contributed by atoms with Gasteiger partial charge in [0.2, 0.25) is 0 Å². The number of ether oxygens (including phenoxy) is 1. The fraction of sp³-hybridized carbons (Fsp3) is 0.538. The van der Waals surface area contributed by atoms with E-state index in [1.165, 1.54) is 17.5 Å². The molecular formula is C26H35N3O2. The Labute approximate surface area is 186 Å². The highest BCUT2D eigenvalue weighted by Gasteiger charge is 2.32. The SMILES string of the molecule is CC(C)(C)OC(=O)N1CCCCC1CCN(c1ccccn1)C1Cc2ccccc2C1. The smallest absolute Gasteiger partial charge is 0.410 e. The molecule has 2 heterocycles. The number of benzene rings is 1. The molecule has 1 aromatic carbocycles. The predicted octanol–water partition coefficient (Wildman–Crippen LogP) is 5.24. The first-order chi connectivity index (χ1) is 14.9. The number of nitrogens with zero attached hydrogens (tertiary/aromatic N) is 3. The van der Waals surface area contributed by atoms with Crippen molar-refractivity contribution in [2.45, 2.75) is 77.0 Å². The molecule has 5 nitrogen and oxygen atoms in total. The Kier molecular flexibility index (Phi) is 6.49. The average molecular weight is 422 g/mol. The summed E-state index contributed by atoms with van der Waals surface area (Å²) in [5.41, 5.74) is 2.43. The maximum Gasteiger partial charge on any atom is 0.410 e. The van der Waals surface area contributed by atoms with Crippen LogP contribution in [-0.2, 0) is 17.6 Å². The van der Waals surface area contributed by atoms with Crippen LogP contribution in [-0.4, -0.2) is 46.8 Å². The number of carbonyl (C=O) groups excluding carboxylic acids is 1. The lowest BCUT2D eigenvalue weighted by molar-refractivity contribution is 0.00908. The van der Waals surface area contributed by atoms with Crippen molar-refractivity contribution in [2.75, 3.05) is 18.0 Å². The summed E-state index contributed by atoms with van der Waals surface area (Å²) in [5, 5.41) is 0. The highest BCUT2D eigenvalue weighted by Crippen LogP contribution is 2.30. The number of pyridine rings is 1. The van der Waals surface area contributed by atoms with Crippen LogP contribution in [0, 0.1) is 0 Å². The van der Waals surface area contributed by atoms with E-state index in [0.29, 0.717) is 6.04 Å². The number of fused-ring (bicyclic) bond motifs is 1. The van der Waals surface area contributed by atoms with Gasteiger partial charge in [-0.05, 0) is 82.6 Å². The quantitative estimate of drug-likeness (QED) is 0.663. The lowest BCUT2D eigenvalue weighted by Crippen LogP contribution is -2.48. The highest BCUT2D eigenvalue weighted by atomic mass is 16.6. The van der Waals surface area contributed by atoms with Crippen molar-refractivity contribution in [3.8, 4) is 0 Å². The Balaban J connectivity index is 1.48. The van der Waals surface area contributed by atoms with Crippen LogP contribution in [0.2, 0.25) is 0 Å². The Hall–Kier alpha value is -2.56. The van der Waals surface area contributed by atoms with E-state index in [1.54, 1.807) is 0 Å². The van der Waals surface area contributed by atoms with E-state index in [-0.39, 0.29) is 12.1 Å². The van der Waals surface area contributed by atoms with Crippen LogP contribution < -0.4 is 4.90 Å². The van der Waals surface area contributed by atoms with Crippen molar-refractivity contribution in [1.82, 2.24) is 9.88 Å². The van der Waals surface area contributed by atoms with Crippen LogP contribution in [0.3, 0.4) is 0 Å². The van der Waals surface area contributed by atoms with Gasteiger partial charge in [0, 0.05) is 31.4 Å². The molecule has 1 unspecified atom stereocenters. The van der Waals surface area contributed by atoms with E-state index in [2.05, 4.69) is 46.3 Å². The molecule has 0 bridgehead atoms. The third-order valence-corrected chi connectivity index (χ3v) is 6.37. The molecule has 166 valence electrons. The van der Waals surface area contributed by atoms with E-state index in [4.69, 9.17) is 4.74 Å². The maximum absolute atomic E-state index is 12.8. The maximum atomic E-state index is 12.8. The number of likely N-dealkylation sites (tertiary alicyclic amines) is 1. The molecular weight excluding hydrogens is 386 g/mol. The first kappa shape index (κ1) is 21.7. The molecule has 4 rings (SSSR count). The first-order valence-corrected chi connectivity index (χ1v) is 11.6. The summed E-state index contributed by atoms with van der Waals surface area (Å²) < 4.78 is 5.70. The number of aromatic nitrogens is 1. The van der Waals surface area contributed by atoms with Gasteiger partial charge in [-0.15, -0.1) is 0 Å². The average Bonchev–Trinajstić information content (AvgIpc) is 3.17. The zero-order valence-corrected chi connectivity index (χ0v) is 19.1. The lowest BCUT2D eigenvalue weighted by atomic mass is 9.99. The number of anilines is 1. The van der Waals surface area contributed by atoms with Gasteiger partial charge in [-0.2, -0.15) is 0 Å². The number of amides is 1. The van der Waals surface area contributed by atoms with Crippen LogP contribution in [0.1, 0.15) is 57.6 Å². The largest absolute Gasteiger partial charge is 0.444 e. The zero-order chi connectivity index (χ0) is 21.8.